The summed E-state index contributed by atoms with van der Waals surface area (Å²) < 4.78 is 0.769. The number of carbonyl (C=O) groups is 1. The molecule has 0 N–H and O–H groups in total. The van der Waals surface area contributed by atoms with Gasteiger partial charge < -0.3 is 4.90 Å². The van der Waals surface area contributed by atoms with Gasteiger partial charge in [0.15, 0.2) is 0 Å². The fourth-order valence-corrected chi connectivity index (χ4v) is 3.52. The lowest BCUT2D eigenvalue weighted by molar-refractivity contribution is 0.0717. The van der Waals surface area contributed by atoms with Crippen LogP contribution in [-0.2, 0) is 0 Å². The van der Waals surface area contributed by atoms with Gasteiger partial charge in [-0.05, 0) is 47.0 Å². The van der Waals surface area contributed by atoms with Gasteiger partial charge in [0.25, 0.3) is 5.91 Å². The average Bonchev–Trinajstić information content (AvgIpc) is 2.66. The van der Waals surface area contributed by atoms with Crippen LogP contribution in [0.25, 0.3) is 0 Å². The number of halogens is 2. The van der Waals surface area contributed by atoms with Crippen molar-refractivity contribution in [2.75, 3.05) is 7.05 Å². The number of nitrogens with zero attached hydrogens (tertiary/aromatic N) is 1. The minimum atomic E-state index is 0.0791. The second kappa shape index (κ2) is 6.76. The van der Waals surface area contributed by atoms with Gasteiger partial charge in [-0.25, -0.2) is 0 Å². The van der Waals surface area contributed by atoms with Gasteiger partial charge in [0.2, 0.25) is 0 Å². The lowest BCUT2D eigenvalue weighted by atomic mass is 10.1. The maximum Gasteiger partial charge on any atom is 0.254 e. The van der Waals surface area contributed by atoms with E-state index in [2.05, 4.69) is 15.9 Å². The first kappa shape index (κ1) is 14.9. The largest absolute Gasteiger partial charge is 0.339 e. The number of carbonyl (C=O) groups excluding carboxylic acids is 1. The quantitative estimate of drug-likeness (QED) is 0.699. The summed E-state index contributed by atoms with van der Waals surface area (Å²) in [5, 5.41) is 0.639. The van der Waals surface area contributed by atoms with Gasteiger partial charge in [-0.3, -0.25) is 4.79 Å². The van der Waals surface area contributed by atoms with Gasteiger partial charge in [0, 0.05) is 22.6 Å². The van der Waals surface area contributed by atoms with Gasteiger partial charge in [-0.1, -0.05) is 37.3 Å². The Morgan fingerprint density at radius 2 is 1.89 bits per heavy atom. The highest BCUT2D eigenvalue weighted by Crippen LogP contribution is 2.26. The molecule has 0 unspecified atom stereocenters. The van der Waals surface area contributed by atoms with Crippen LogP contribution >= 0.6 is 27.5 Å². The minimum absolute atomic E-state index is 0.0791. The second-order valence-corrected chi connectivity index (χ2v) is 6.48. The highest BCUT2D eigenvalue weighted by atomic mass is 79.9. The van der Waals surface area contributed by atoms with Crippen molar-refractivity contribution in [3.05, 3.63) is 33.3 Å². The van der Waals surface area contributed by atoms with E-state index in [4.69, 9.17) is 11.6 Å². The fraction of sp³-hybridized carbons (Fsp3) is 0.533. The third-order valence-electron chi connectivity index (χ3n) is 3.85. The van der Waals surface area contributed by atoms with Gasteiger partial charge in [0.05, 0.1) is 5.56 Å². The normalized spacial score (nSPS) is 17.0. The van der Waals surface area contributed by atoms with E-state index < -0.39 is 0 Å². The van der Waals surface area contributed by atoms with E-state index in [0.29, 0.717) is 16.6 Å². The zero-order chi connectivity index (χ0) is 13.8. The van der Waals surface area contributed by atoms with E-state index in [-0.39, 0.29) is 5.91 Å². The van der Waals surface area contributed by atoms with Crippen LogP contribution in [0.5, 0.6) is 0 Å². The van der Waals surface area contributed by atoms with E-state index in [9.17, 15) is 4.79 Å². The van der Waals surface area contributed by atoms with E-state index in [0.717, 1.165) is 17.3 Å². The molecule has 0 radical (unpaired) electrons. The second-order valence-electron chi connectivity index (χ2n) is 5.19. The van der Waals surface area contributed by atoms with Gasteiger partial charge in [-0.15, -0.1) is 0 Å². The first-order chi connectivity index (χ1) is 9.09. The van der Waals surface area contributed by atoms with Crippen LogP contribution in [0.4, 0.5) is 0 Å². The summed E-state index contributed by atoms with van der Waals surface area (Å²) in [7, 11) is 1.92. The molecule has 0 atom stereocenters. The van der Waals surface area contributed by atoms with Gasteiger partial charge >= 0.3 is 0 Å². The molecule has 2 nitrogen and oxygen atoms in total. The van der Waals surface area contributed by atoms with Gasteiger partial charge in [-0.2, -0.15) is 0 Å². The summed E-state index contributed by atoms with van der Waals surface area (Å²) in [5.74, 6) is 0.0791. The summed E-state index contributed by atoms with van der Waals surface area (Å²) >= 11 is 9.34. The van der Waals surface area contributed by atoms with Crippen LogP contribution in [0.1, 0.15) is 48.9 Å². The summed E-state index contributed by atoms with van der Waals surface area (Å²) in [6.45, 7) is 0. The van der Waals surface area contributed by atoms with Crippen molar-refractivity contribution in [2.24, 2.45) is 0 Å². The predicted octanol–water partition coefficient (Wildman–Crippen LogP) is 4.90. The van der Waals surface area contributed by atoms with Crippen LogP contribution in [0, 0.1) is 0 Å². The van der Waals surface area contributed by atoms with Crippen LogP contribution in [-0.4, -0.2) is 23.9 Å². The molecule has 1 aliphatic rings. The van der Waals surface area contributed by atoms with Crippen LogP contribution in [0.2, 0.25) is 5.02 Å². The molecule has 1 amide bonds. The molecule has 0 heterocycles. The zero-order valence-electron chi connectivity index (χ0n) is 11.2. The number of hydrogen-bond acceptors (Lipinski definition) is 1. The Morgan fingerprint density at radius 3 is 2.47 bits per heavy atom. The Kier molecular flexibility index (Phi) is 5.28. The Balaban J connectivity index is 2.13. The van der Waals surface area contributed by atoms with Crippen molar-refractivity contribution >= 4 is 33.4 Å². The average molecular weight is 345 g/mol. The molecule has 0 aromatic heterocycles. The predicted molar refractivity (Wildman–Crippen MR) is 82.7 cm³/mol. The van der Waals surface area contributed by atoms with Crippen molar-refractivity contribution in [3.8, 4) is 0 Å². The lowest BCUT2D eigenvalue weighted by Gasteiger charge is -2.27. The Labute approximate surface area is 128 Å². The first-order valence-electron chi connectivity index (χ1n) is 6.82. The smallest absolute Gasteiger partial charge is 0.254 e. The Bertz CT molecular complexity index is 455. The minimum Gasteiger partial charge on any atom is -0.339 e. The summed E-state index contributed by atoms with van der Waals surface area (Å²) in [5.41, 5.74) is 0.691. The van der Waals surface area contributed by atoms with Crippen molar-refractivity contribution in [1.82, 2.24) is 4.90 Å². The lowest BCUT2D eigenvalue weighted by Crippen LogP contribution is -2.36. The molecule has 1 fully saturated rings. The molecule has 104 valence electrons. The van der Waals surface area contributed by atoms with Crippen molar-refractivity contribution in [1.29, 1.82) is 0 Å². The maximum atomic E-state index is 12.5. The maximum absolute atomic E-state index is 12.5. The molecular weight excluding hydrogens is 326 g/mol. The zero-order valence-corrected chi connectivity index (χ0v) is 13.5. The van der Waals surface area contributed by atoms with Crippen molar-refractivity contribution < 1.29 is 4.79 Å². The molecule has 0 spiro atoms. The molecule has 2 rings (SSSR count). The van der Waals surface area contributed by atoms with Crippen molar-refractivity contribution in [3.63, 3.8) is 0 Å². The summed E-state index contributed by atoms with van der Waals surface area (Å²) in [6.07, 6.45) is 7.28. The standard InChI is InChI=1S/C15H19BrClNO/c1-18(12-6-4-2-3-5-7-12)15(19)13-9-8-11(17)10-14(13)16/h8-10,12H,2-7H2,1H3. The molecule has 0 bridgehead atoms. The highest BCUT2D eigenvalue weighted by molar-refractivity contribution is 9.10. The van der Waals surface area contributed by atoms with E-state index in [1.807, 2.05) is 11.9 Å². The number of benzene rings is 1. The van der Waals surface area contributed by atoms with Gasteiger partial charge in [0.1, 0.15) is 0 Å². The molecule has 1 aliphatic carbocycles. The molecule has 0 aliphatic heterocycles. The molecular formula is C15H19BrClNO. The highest BCUT2D eigenvalue weighted by Gasteiger charge is 2.23. The number of amides is 1. The fourth-order valence-electron chi connectivity index (χ4n) is 2.66. The molecule has 1 aromatic rings. The van der Waals surface area contributed by atoms with Crippen molar-refractivity contribution in [2.45, 2.75) is 44.6 Å². The van der Waals surface area contributed by atoms with E-state index in [1.165, 1.54) is 25.7 Å². The first-order valence-corrected chi connectivity index (χ1v) is 7.99. The third kappa shape index (κ3) is 3.73. The molecule has 1 aromatic carbocycles. The number of hydrogen-bond donors (Lipinski definition) is 0. The topological polar surface area (TPSA) is 20.3 Å². The van der Waals surface area contributed by atoms with Crippen LogP contribution in [0.15, 0.2) is 22.7 Å². The number of rotatable bonds is 2. The molecule has 4 heteroatoms. The molecule has 1 saturated carbocycles. The van der Waals surface area contributed by atoms with Crippen LogP contribution in [0.3, 0.4) is 0 Å². The molecule has 19 heavy (non-hydrogen) atoms. The Morgan fingerprint density at radius 1 is 1.26 bits per heavy atom. The summed E-state index contributed by atoms with van der Waals surface area (Å²) in [4.78, 5) is 14.4. The van der Waals surface area contributed by atoms with E-state index in [1.54, 1.807) is 18.2 Å². The monoisotopic (exact) mass is 343 g/mol. The Hall–Kier alpha value is -0.540. The van der Waals surface area contributed by atoms with Crippen LogP contribution < -0.4 is 0 Å². The third-order valence-corrected chi connectivity index (χ3v) is 4.75. The molecule has 0 saturated heterocycles. The van der Waals surface area contributed by atoms with E-state index >= 15 is 0 Å². The summed E-state index contributed by atoms with van der Waals surface area (Å²) in [6, 6.07) is 5.70. The SMILES string of the molecule is CN(C(=O)c1ccc(Cl)cc1Br)C1CCCCCC1.